The number of aryl methyl sites for hydroxylation is 3. The lowest BCUT2D eigenvalue weighted by Gasteiger charge is -2.20. The Morgan fingerprint density at radius 3 is 3.00 bits per heavy atom. The van der Waals surface area contributed by atoms with Crippen molar-refractivity contribution >= 4 is 21.5 Å². The van der Waals surface area contributed by atoms with E-state index in [0.717, 1.165) is 55.3 Å². The zero-order chi connectivity index (χ0) is 21.8. The minimum absolute atomic E-state index is 0.0926. The summed E-state index contributed by atoms with van der Waals surface area (Å²) in [5.74, 6) is -0.120. The summed E-state index contributed by atoms with van der Waals surface area (Å²) in [5.41, 5.74) is 5.58. The normalized spacial score (nSPS) is 21.0. The van der Waals surface area contributed by atoms with Crippen molar-refractivity contribution in [1.82, 2.24) is 9.78 Å². The first-order valence-corrected chi connectivity index (χ1v) is 12.3. The molecule has 2 aromatic rings. The van der Waals surface area contributed by atoms with Crippen molar-refractivity contribution in [2.45, 2.75) is 55.9 Å². The Bertz CT molecular complexity index is 1170. The maximum absolute atomic E-state index is 13.4. The van der Waals surface area contributed by atoms with E-state index < -0.39 is 15.8 Å². The van der Waals surface area contributed by atoms with Gasteiger partial charge in [-0.3, -0.25) is 4.79 Å². The molecule has 1 unspecified atom stereocenters. The molecule has 1 aromatic carbocycles. The van der Waals surface area contributed by atoms with E-state index in [4.69, 9.17) is 19.4 Å². The SMILES string of the molecule is COC[C@H]1CCc2cc3c(c(NC(=O)c4nn5c(c4S(=N)(N)=O)OCCC5)c21)CCC3. The van der Waals surface area contributed by atoms with Gasteiger partial charge in [-0.1, -0.05) is 6.07 Å². The molecule has 0 spiro atoms. The second-order valence-electron chi connectivity index (χ2n) is 8.47. The fraction of sp³-hybridized carbons (Fsp3) is 0.524. The third kappa shape index (κ3) is 3.42. The van der Waals surface area contributed by atoms with Gasteiger partial charge in [-0.05, 0) is 54.4 Å². The van der Waals surface area contributed by atoms with Gasteiger partial charge in [-0.2, -0.15) is 5.10 Å². The standard InChI is InChI=1S/C21H27N5O4S/c1-29-11-14-7-6-13-10-12-4-2-5-15(12)17(16(13)14)24-20(27)18-19(31(22,23)28)21-26(25-18)8-3-9-30-21/h10,14H,2-9,11H2,1H3,(H,24,27)(H3,22,23,28)/t14-/m1/s1. The zero-order valence-corrected chi connectivity index (χ0v) is 18.3. The Hall–Kier alpha value is -2.43. The minimum atomic E-state index is -3.70. The number of benzene rings is 1. The highest BCUT2D eigenvalue weighted by Gasteiger charge is 2.34. The quantitative estimate of drug-likeness (QED) is 0.650. The number of hydrogen-bond acceptors (Lipinski definition) is 6. The molecule has 2 atom stereocenters. The summed E-state index contributed by atoms with van der Waals surface area (Å²) in [5, 5.41) is 13.1. The summed E-state index contributed by atoms with van der Waals surface area (Å²) < 4.78 is 33.0. The first-order chi connectivity index (χ1) is 14.9. The third-order valence-electron chi connectivity index (χ3n) is 6.44. The topological polar surface area (TPSA) is 132 Å². The molecule has 2 heterocycles. The monoisotopic (exact) mass is 445 g/mol. The van der Waals surface area contributed by atoms with Crippen molar-refractivity contribution in [2.24, 2.45) is 5.14 Å². The van der Waals surface area contributed by atoms with Gasteiger partial charge in [0, 0.05) is 31.7 Å². The Morgan fingerprint density at radius 1 is 1.39 bits per heavy atom. The predicted octanol–water partition coefficient (Wildman–Crippen LogP) is 2.36. The van der Waals surface area contributed by atoms with E-state index in [1.54, 1.807) is 7.11 Å². The summed E-state index contributed by atoms with van der Waals surface area (Å²) in [6, 6.07) is 2.29. The number of aromatic nitrogens is 2. The van der Waals surface area contributed by atoms with Crippen LogP contribution in [0.3, 0.4) is 0 Å². The predicted molar refractivity (Wildman–Crippen MR) is 115 cm³/mol. The van der Waals surface area contributed by atoms with E-state index in [9.17, 15) is 9.00 Å². The van der Waals surface area contributed by atoms with Crippen molar-refractivity contribution in [3.05, 3.63) is 34.0 Å². The van der Waals surface area contributed by atoms with Crippen LogP contribution in [0.5, 0.6) is 5.88 Å². The average Bonchev–Trinajstić information content (AvgIpc) is 3.44. The number of ether oxygens (including phenoxy) is 2. The molecular weight excluding hydrogens is 418 g/mol. The highest BCUT2D eigenvalue weighted by molar-refractivity contribution is 7.90. The molecule has 10 heteroatoms. The maximum Gasteiger partial charge on any atom is 0.277 e. The van der Waals surface area contributed by atoms with E-state index in [1.807, 2.05) is 0 Å². The molecule has 31 heavy (non-hydrogen) atoms. The Balaban J connectivity index is 1.59. The van der Waals surface area contributed by atoms with E-state index in [-0.39, 0.29) is 22.4 Å². The molecule has 166 valence electrons. The Kier molecular flexibility index (Phi) is 5.03. The molecule has 2 aliphatic carbocycles. The summed E-state index contributed by atoms with van der Waals surface area (Å²) >= 11 is 0. The van der Waals surface area contributed by atoms with Gasteiger partial charge in [0.15, 0.2) is 10.6 Å². The smallest absolute Gasteiger partial charge is 0.277 e. The van der Waals surface area contributed by atoms with E-state index >= 15 is 0 Å². The molecule has 0 saturated heterocycles. The van der Waals surface area contributed by atoms with E-state index in [0.29, 0.717) is 19.8 Å². The van der Waals surface area contributed by atoms with Crippen molar-refractivity contribution < 1.29 is 18.5 Å². The maximum atomic E-state index is 13.4. The highest BCUT2D eigenvalue weighted by atomic mass is 32.2. The van der Waals surface area contributed by atoms with Gasteiger partial charge in [0.1, 0.15) is 9.92 Å². The van der Waals surface area contributed by atoms with Crippen LogP contribution >= 0.6 is 0 Å². The molecule has 1 aliphatic heterocycles. The van der Waals surface area contributed by atoms with Gasteiger partial charge >= 0.3 is 0 Å². The largest absolute Gasteiger partial charge is 0.477 e. The number of methoxy groups -OCH3 is 1. The summed E-state index contributed by atoms with van der Waals surface area (Å²) in [7, 11) is -2.01. The Labute approximate surface area is 181 Å². The van der Waals surface area contributed by atoms with Crippen molar-refractivity contribution in [3.63, 3.8) is 0 Å². The van der Waals surface area contributed by atoms with Crippen LogP contribution < -0.4 is 15.2 Å². The van der Waals surface area contributed by atoms with Gasteiger partial charge in [-0.25, -0.2) is 18.8 Å². The molecule has 0 radical (unpaired) electrons. The second-order valence-corrected chi connectivity index (χ2v) is 10.1. The molecule has 0 bridgehead atoms. The third-order valence-corrected chi connectivity index (χ3v) is 7.41. The molecule has 4 N–H and O–H groups in total. The Morgan fingerprint density at radius 2 is 2.23 bits per heavy atom. The fourth-order valence-electron chi connectivity index (χ4n) is 5.18. The lowest BCUT2D eigenvalue weighted by Crippen LogP contribution is -2.21. The number of hydrogen-bond donors (Lipinski definition) is 3. The highest BCUT2D eigenvalue weighted by Crippen LogP contribution is 2.44. The number of nitrogens with two attached hydrogens (primary N) is 1. The number of anilines is 1. The van der Waals surface area contributed by atoms with Gasteiger partial charge < -0.3 is 14.8 Å². The first-order valence-electron chi connectivity index (χ1n) is 10.7. The number of fused-ring (bicyclic) bond motifs is 3. The molecule has 5 rings (SSSR count). The fourth-order valence-corrected chi connectivity index (χ4v) is 6.02. The van der Waals surface area contributed by atoms with E-state index in [1.165, 1.54) is 15.8 Å². The summed E-state index contributed by atoms with van der Waals surface area (Å²) in [6.45, 7) is 1.53. The summed E-state index contributed by atoms with van der Waals surface area (Å²) in [6.07, 6.45) is 5.62. The van der Waals surface area contributed by atoms with Gasteiger partial charge in [-0.15, -0.1) is 0 Å². The van der Waals surface area contributed by atoms with E-state index in [2.05, 4.69) is 16.5 Å². The second kappa shape index (κ2) is 7.61. The molecular formula is C21H27N5O4S. The van der Waals surface area contributed by atoms with Crippen LogP contribution in [-0.4, -0.2) is 40.2 Å². The van der Waals surface area contributed by atoms with Crippen LogP contribution in [0.1, 0.15) is 57.9 Å². The zero-order valence-electron chi connectivity index (χ0n) is 17.5. The molecule has 1 aromatic heterocycles. The van der Waals surface area contributed by atoms with Crippen molar-refractivity contribution in [1.29, 1.82) is 4.78 Å². The van der Waals surface area contributed by atoms with Gasteiger partial charge in [0.25, 0.3) is 5.91 Å². The molecule has 0 fully saturated rings. The van der Waals surface area contributed by atoms with Crippen LogP contribution in [0.2, 0.25) is 0 Å². The van der Waals surface area contributed by atoms with Gasteiger partial charge in [0.2, 0.25) is 5.88 Å². The van der Waals surface area contributed by atoms with Crippen LogP contribution in [0.15, 0.2) is 11.0 Å². The lowest BCUT2D eigenvalue weighted by molar-refractivity contribution is 0.101. The van der Waals surface area contributed by atoms with Crippen LogP contribution in [0, 0.1) is 4.78 Å². The van der Waals surface area contributed by atoms with Crippen molar-refractivity contribution in [3.8, 4) is 5.88 Å². The number of rotatable bonds is 5. The van der Waals surface area contributed by atoms with Crippen molar-refractivity contribution in [2.75, 3.05) is 25.6 Å². The minimum Gasteiger partial charge on any atom is -0.477 e. The number of amides is 1. The van der Waals surface area contributed by atoms with Crippen LogP contribution in [-0.2, 0) is 40.5 Å². The number of carbonyl (C=O) groups excluding carboxylic acids is 1. The molecule has 0 saturated carbocycles. The van der Waals surface area contributed by atoms with Gasteiger partial charge in [0.05, 0.1) is 13.2 Å². The average molecular weight is 446 g/mol. The molecule has 9 nitrogen and oxygen atoms in total. The first kappa shape index (κ1) is 20.5. The molecule has 1 amide bonds. The summed E-state index contributed by atoms with van der Waals surface area (Å²) in [4.78, 5) is 13.3. The number of nitrogens with one attached hydrogen (secondary N) is 2. The number of carbonyl (C=O) groups is 1. The lowest BCUT2D eigenvalue weighted by atomic mass is 9.94. The van der Waals surface area contributed by atoms with Crippen LogP contribution in [0.25, 0.3) is 0 Å². The van der Waals surface area contributed by atoms with Crippen LogP contribution in [0.4, 0.5) is 5.69 Å². The number of nitrogens with zero attached hydrogens (tertiary/aromatic N) is 2. The molecule has 3 aliphatic rings.